The first-order valence-corrected chi connectivity index (χ1v) is 8.32. The van der Waals surface area contributed by atoms with Gasteiger partial charge < -0.3 is 15.9 Å². The zero-order valence-corrected chi connectivity index (χ0v) is 15.0. The van der Waals surface area contributed by atoms with Crippen LogP contribution < -0.4 is 10.5 Å². The van der Waals surface area contributed by atoms with Gasteiger partial charge in [0.2, 0.25) is 0 Å². The molecule has 0 saturated carbocycles. The maximum atomic E-state index is 8.23. The van der Waals surface area contributed by atoms with E-state index >= 15 is 0 Å². The molecule has 0 radical (unpaired) electrons. The van der Waals surface area contributed by atoms with Crippen LogP contribution in [-0.4, -0.2) is 12.8 Å². The lowest BCUT2D eigenvalue weighted by Gasteiger charge is -2.07. The number of nitrogens with two attached hydrogens (primary N) is 1. The fraction of sp³-hybridized carbons (Fsp3) is 0.0500. The fourth-order valence-electron chi connectivity index (χ4n) is 2.56. The highest BCUT2D eigenvalue weighted by Gasteiger charge is 2.06. The van der Waals surface area contributed by atoms with E-state index in [0.717, 1.165) is 22.1 Å². The first kappa shape index (κ1) is 17.3. The van der Waals surface area contributed by atoms with Crippen LogP contribution in [-0.2, 0) is 0 Å². The minimum absolute atomic E-state index is 0.247. The molecule has 0 amide bonds. The van der Waals surface area contributed by atoms with Crippen LogP contribution in [0.15, 0.2) is 60.7 Å². The van der Waals surface area contributed by atoms with Gasteiger partial charge in [0.25, 0.3) is 0 Å². The Bertz CT molecular complexity index is 976. The van der Waals surface area contributed by atoms with Crippen LogP contribution in [0.1, 0.15) is 11.1 Å². The van der Waals surface area contributed by atoms with Gasteiger partial charge in [-0.25, -0.2) is 0 Å². The van der Waals surface area contributed by atoms with E-state index in [1.807, 2.05) is 36.4 Å². The van der Waals surface area contributed by atoms with E-state index in [0.29, 0.717) is 21.3 Å². The van der Waals surface area contributed by atoms with Crippen molar-refractivity contribution < 1.29 is 4.74 Å². The highest BCUT2D eigenvalue weighted by molar-refractivity contribution is 6.35. The van der Waals surface area contributed by atoms with Crippen molar-refractivity contribution in [2.75, 3.05) is 7.11 Å². The Morgan fingerprint density at radius 1 is 0.920 bits per heavy atom. The van der Waals surface area contributed by atoms with Gasteiger partial charge in [-0.3, -0.25) is 0 Å². The summed E-state index contributed by atoms with van der Waals surface area (Å²) in [6.45, 7) is 0. The van der Waals surface area contributed by atoms with Gasteiger partial charge in [-0.2, -0.15) is 0 Å². The number of hydrogen-bond donors (Lipinski definition) is 2. The quantitative estimate of drug-likeness (QED) is 0.593. The van der Waals surface area contributed by atoms with Crippen molar-refractivity contribution in [3.8, 4) is 5.75 Å². The Kier molecular flexibility index (Phi) is 4.98. The Morgan fingerprint density at radius 2 is 1.56 bits per heavy atom. The van der Waals surface area contributed by atoms with E-state index in [-0.39, 0.29) is 5.71 Å². The molecule has 0 heterocycles. The van der Waals surface area contributed by atoms with E-state index in [4.69, 9.17) is 39.1 Å². The number of benzene rings is 3. The molecule has 0 unspecified atom stereocenters. The molecule has 5 heteroatoms. The van der Waals surface area contributed by atoms with Gasteiger partial charge in [-0.05, 0) is 58.8 Å². The summed E-state index contributed by atoms with van der Waals surface area (Å²) in [7, 11) is 1.64. The minimum atomic E-state index is 0.247. The fourth-order valence-corrected chi connectivity index (χ4v) is 3.09. The lowest BCUT2D eigenvalue weighted by molar-refractivity contribution is 0.415. The molecule has 0 spiro atoms. The molecule has 0 fully saturated rings. The number of allylic oxidation sites excluding steroid dienone is 1. The Hall–Kier alpha value is -2.49. The average Bonchev–Trinajstić information content (AvgIpc) is 2.59. The molecule has 3 rings (SSSR count). The molecule has 25 heavy (non-hydrogen) atoms. The van der Waals surface area contributed by atoms with Crippen molar-refractivity contribution in [2.45, 2.75) is 0 Å². The molecule has 0 atom stereocenters. The van der Waals surface area contributed by atoms with Gasteiger partial charge in [0.05, 0.1) is 12.8 Å². The predicted octanol–water partition coefficient (Wildman–Crippen LogP) is 5.52. The molecule has 126 valence electrons. The van der Waals surface area contributed by atoms with Crippen molar-refractivity contribution in [3.05, 3.63) is 81.8 Å². The molecule has 3 aromatic carbocycles. The highest BCUT2D eigenvalue weighted by Crippen LogP contribution is 2.24. The van der Waals surface area contributed by atoms with E-state index in [9.17, 15) is 0 Å². The normalized spacial score (nSPS) is 11.6. The Labute approximate surface area is 156 Å². The number of ether oxygens (including phenoxy) is 1. The van der Waals surface area contributed by atoms with Crippen LogP contribution in [0.4, 0.5) is 0 Å². The zero-order valence-electron chi connectivity index (χ0n) is 13.5. The van der Waals surface area contributed by atoms with Crippen molar-refractivity contribution in [2.24, 2.45) is 5.73 Å². The maximum Gasteiger partial charge on any atom is 0.119 e. The van der Waals surface area contributed by atoms with Crippen LogP contribution >= 0.6 is 23.2 Å². The molecule has 3 N–H and O–H groups in total. The highest BCUT2D eigenvalue weighted by atomic mass is 35.5. The second-order valence-corrected chi connectivity index (χ2v) is 6.47. The molecule has 3 nitrogen and oxygen atoms in total. The molecular weight excluding hydrogens is 355 g/mol. The van der Waals surface area contributed by atoms with Crippen LogP contribution in [0.5, 0.6) is 5.75 Å². The van der Waals surface area contributed by atoms with Gasteiger partial charge in [0.15, 0.2) is 0 Å². The zero-order chi connectivity index (χ0) is 18.0. The number of fused-ring (bicyclic) bond motifs is 1. The topological polar surface area (TPSA) is 59.1 Å². The first-order valence-electron chi connectivity index (χ1n) is 7.56. The van der Waals surface area contributed by atoms with Crippen LogP contribution in [0.3, 0.4) is 0 Å². The van der Waals surface area contributed by atoms with Gasteiger partial charge in [-0.1, -0.05) is 41.4 Å². The molecule has 0 aliphatic heterocycles. The lowest BCUT2D eigenvalue weighted by atomic mass is 10.0. The summed E-state index contributed by atoms with van der Waals surface area (Å²) in [4.78, 5) is 0. The number of hydrogen-bond acceptors (Lipinski definition) is 3. The Morgan fingerprint density at radius 3 is 2.24 bits per heavy atom. The van der Waals surface area contributed by atoms with Crippen LogP contribution in [0.2, 0.25) is 10.0 Å². The largest absolute Gasteiger partial charge is 0.497 e. The van der Waals surface area contributed by atoms with Crippen molar-refractivity contribution in [3.63, 3.8) is 0 Å². The second kappa shape index (κ2) is 7.18. The predicted molar refractivity (Wildman–Crippen MR) is 106 cm³/mol. The maximum absolute atomic E-state index is 8.23. The monoisotopic (exact) mass is 370 g/mol. The summed E-state index contributed by atoms with van der Waals surface area (Å²) in [5.41, 5.74) is 8.39. The third-order valence-corrected chi connectivity index (χ3v) is 4.29. The SMILES string of the molecule is COc1ccc2cc(C(N)=CC(=N)c3cc(Cl)cc(Cl)c3)ccc2c1. The number of rotatable bonds is 4. The van der Waals surface area contributed by atoms with E-state index < -0.39 is 0 Å². The third kappa shape index (κ3) is 3.95. The summed E-state index contributed by atoms with van der Waals surface area (Å²) >= 11 is 12.0. The van der Waals surface area contributed by atoms with Crippen molar-refractivity contribution in [1.29, 1.82) is 5.41 Å². The van der Waals surface area contributed by atoms with Gasteiger partial charge >= 0.3 is 0 Å². The van der Waals surface area contributed by atoms with Crippen molar-refractivity contribution in [1.82, 2.24) is 0 Å². The summed E-state index contributed by atoms with van der Waals surface area (Å²) in [6, 6.07) is 16.7. The van der Waals surface area contributed by atoms with E-state index in [1.165, 1.54) is 0 Å². The molecule has 3 aromatic rings. The first-order chi connectivity index (χ1) is 12.0. The summed E-state index contributed by atoms with van der Waals surface area (Å²) in [5, 5.41) is 11.3. The van der Waals surface area contributed by atoms with Gasteiger partial charge in [0, 0.05) is 21.3 Å². The molecule has 0 saturated heterocycles. The minimum Gasteiger partial charge on any atom is -0.497 e. The molecule has 0 bridgehead atoms. The van der Waals surface area contributed by atoms with Crippen molar-refractivity contribution >= 4 is 45.4 Å². The van der Waals surface area contributed by atoms with E-state index in [2.05, 4.69) is 0 Å². The average molecular weight is 371 g/mol. The number of halogens is 2. The van der Waals surface area contributed by atoms with Gasteiger partial charge in [-0.15, -0.1) is 0 Å². The van der Waals surface area contributed by atoms with Gasteiger partial charge in [0.1, 0.15) is 5.75 Å². The van der Waals surface area contributed by atoms with Crippen LogP contribution in [0.25, 0.3) is 16.5 Å². The third-order valence-electron chi connectivity index (χ3n) is 3.85. The van der Waals surface area contributed by atoms with E-state index in [1.54, 1.807) is 31.4 Å². The standard InChI is InChI=1S/C20H16Cl2N2O/c1-25-18-5-4-12-6-14(3-2-13(12)9-18)19(23)11-20(24)15-7-16(21)10-17(22)8-15/h2-11,24H,23H2,1H3. The number of nitrogens with one attached hydrogen (secondary N) is 1. The molecule has 0 aromatic heterocycles. The number of methoxy groups -OCH3 is 1. The lowest BCUT2D eigenvalue weighted by Crippen LogP contribution is -2.02. The summed E-state index contributed by atoms with van der Waals surface area (Å²) in [6.07, 6.45) is 1.60. The summed E-state index contributed by atoms with van der Waals surface area (Å²) in [5.74, 6) is 0.809. The molecule has 0 aliphatic carbocycles. The summed E-state index contributed by atoms with van der Waals surface area (Å²) < 4.78 is 5.24. The second-order valence-electron chi connectivity index (χ2n) is 5.60. The molecule has 0 aliphatic rings. The Balaban J connectivity index is 1.93. The van der Waals surface area contributed by atoms with Crippen LogP contribution in [0, 0.1) is 5.41 Å². The smallest absolute Gasteiger partial charge is 0.119 e. The molecular formula is C20H16Cl2N2O.